The SMILES string of the molecule is COC1=NC=CN(C)C1N. The molecule has 0 bridgehead atoms. The molecule has 4 heteroatoms. The molecule has 0 saturated carbocycles. The second kappa shape index (κ2) is 2.70. The first kappa shape index (κ1) is 7.08. The van der Waals surface area contributed by atoms with Gasteiger partial charge in [-0.2, -0.15) is 0 Å². The Morgan fingerprint density at radius 3 is 3.00 bits per heavy atom. The van der Waals surface area contributed by atoms with Crippen molar-refractivity contribution in [2.45, 2.75) is 6.17 Å². The third kappa shape index (κ3) is 1.11. The molecular formula is C6H11N3O. The Labute approximate surface area is 60.0 Å². The topological polar surface area (TPSA) is 50.8 Å². The Hall–Kier alpha value is -1.03. The van der Waals surface area contributed by atoms with Gasteiger partial charge in [-0.05, 0) is 0 Å². The van der Waals surface area contributed by atoms with Crippen molar-refractivity contribution in [2.75, 3.05) is 14.2 Å². The maximum absolute atomic E-state index is 5.65. The monoisotopic (exact) mass is 141 g/mol. The first-order chi connectivity index (χ1) is 4.75. The van der Waals surface area contributed by atoms with Crippen molar-refractivity contribution in [1.29, 1.82) is 0 Å². The van der Waals surface area contributed by atoms with Crippen LogP contribution >= 0.6 is 0 Å². The van der Waals surface area contributed by atoms with Crippen LogP contribution in [0.1, 0.15) is 0 Å². The molecule has 0 amide bonds. The van der Waals surface area contributed by atoms with Crippen molar-refractivity contribution in [3.63, 3.8) is 0 Å². The highest BCUT2D eigenvalue weighted by molar-refractivity contribution is 5.82. The summed E-state index contributed by atoms with van der Waals surface area (Å²) in [5, 5.41) is 0. The van der Waals surface area contributed by atoms with E-state index in [2.05, 4.69) is 4.99 Å². The summed E-state index contributed by atoms with van der Waals surface area (Å²) in [6.07, 6.45) is 3.21. The molecule has 1 aliphatic heterocycles. The van der Waals surface area contributed by atoms with E-state index in [1.165, 1.54) is 0 Å². The number of methoxy groups -OCH3 is 1. The molecule has 1 rings (SSSR count). The van der Waals surface area contributed by atoms with Crippen molar-refractivity contribution in [2.24, 2.45) is 10.7 Å². The predicted octanol–water partition coefficient (Wildman–Crippen LogP) is -0.267. The number of hydrogen-bond donors (Lipinski definition) is 1. The Kier molecular flexibility index (Phi) is 1.91. The Morgan fingerprint density at radius 2 is 2.50 bits per heavy atom. The lowest BCUT2D eigenvalue weighted by atomic mass is 10.4. The molecule has 0 saturated heterocycles. The van der Waals surface area contributed by atoms with Crippen LogP contribution in [0.3, 0.4) is 0 Å². The van der Waals surface area contributed by atoms with Gasteiger partial charge in [0.15, 0.2) is 6.17 Å². The molecule has 1 atom stereocenters. The third-order valence-electron chi connectivity index (χ3n) is 1.40. The first-order valence-electron chi connectivity index (χ1n) is 3.01. The van der Waals surface area contributed by atoms with Crippen LogP contribution in [-0.4, -0.2) is 31.1 Å². The van der Waals surface area contributed by atoms with Crippen LogP contribution < -0.4 is 5.73 Å². The number of nitrogens with two attached hydrogens (primary N) is 1. The quantitative estimate of drug-likeness (QED) is 0.505. The predicted molar refractivity (Wildman–Crippen MR) is 39.3 cm³/mol. The van der Waals surface area contributed by atoms with Gasteiger partial charge in [-0.25, -0.2) is 4.99 Å². The maximum atomic E-state index is 5.65. The second-order valence-electron chi connectivity index (χ2n) is 2.08. The van der Waals surface area contributed by atoms with E-state index in [1.54, 1.807) is 19.5 Å². The second-order valence-corrected chi connectivity index (χ2v) is 2.08. The lowest BCUT2D eigenvalue weighted by Crippen LogP contribution is -2.44. The minimum absolute atomic E-state index is 0.241. The van der Waals surface area contributed by atoms with Crippen LogP contribution in [0.25, 0.3) is 0 Å². The molecule has 10 heavy (non-hydrogen) atoms. The smallest absolute Gasteiger partial charge is 0.226 e. The van der Waals surface area contributed by atoms with E-state index in [-0.39, 0.29) is 6.17 Å². The summed E-state index contributed by atoms with van der Waals surface area (Å²) in [5.41, 5.74) is 5.65. The fraction of sp³-hybridized carbons (Fsp3) is 0.500. The fourth-order valence-electron chi connectivity index (χ4n) is 0.729. The van der Waals surface area contributed by atoms with Gasteiger partial charge >= 0.3 is 0 Å². The van der Waals surface area contributed by atoms with E-state index >= 15 is 0 Å². The highest BCUT2D eigenvalue weighted by atomic mass is 16.5. The number of nitrogens with zero attached hydrogens (tertiary/aromatic N) is 2. The zero-order valence-corrected chi connectivity index (χ0v) is 6.11. The highest BCUT2D eigenvalue weighted by Gasteiger charge is 2.16. The number of ether oxygens (including phenoxy) is 1. The minimum atomic E-state index is -0.241. The average molecular weight is 141 g/mol. The normalized spacial score (nSPS) is 24.5. The van der Waals surface area contributed by atoms with Gasteiger partial charge in [-0.1, -0.05) is 0 Å². The van der Waals surface area contributed by atoms with Gasteiger partial charge in [0.1, 0.15) is 0 Å². The van der Waals surface area contributed by atoms with Crippen LogP contribution in [0.2, 0.25) is 0 Å². The number of aliphatic imine (C=N–C) groups is 1. The highest BCUT2D eigenvalue weighted by Crippen LogP contribution is 2.01. The van der Waals surface area contributed by atoms with Gasteiger partial charge in [0.2, 0.25) is 5.90 Å². The lowest BCUT2D eigenvalue weighted by Gasteiger charge is -2.25. The molecular weight excluding hydrogens is 130 g/mol. The van der Waals surface area contributed by atoms with Crippen LogP contribution in [0.15, 0.2) is 17.4 Å². The average Bonchev–Trinajstić information content (AvgIpc) is 1.95. The van der Waals surface area contributed by atoms with Crippen molar-refractivity contribution >= 4 is 5.90 Å². The van der Waals surface area contributed by atoms with Crippen LogP contribution in [0.5, 0.6) is 0 Å². The molecule has 0 spiro atoms. The van der Waals surface area contributed by atoms with Gasteiger partial charge in [0, 0.05) is 19.4 Å². The summed E-state index contributed by atoms with van der Waals surface area (Å²) in [6.45, 7) is 0. The zero-order chi connectivity index (χ0) is 7.56. The Bertz CT molecular complexity index is 176. The standard InChI is InChI=1S/C6H11N3O/c1-9-4-3-8-6(10-2)5(9)7/h3-5H,7H2,1-2H3. The third-order valence-corrected chi connectivity index (χ3v) is 1.40. The molecule has 1 heterocycles. The van der Waals surface area contributed by atoms with E-state index < -0.39 is 0 Å². The van der Waals surface area contributed by atoms with E-state index in [1.807, 2.05) is 11.9 Å². The van der Waals surface area contributed by atoms with Gasteiger partial charge in [0.05, 0.1) is 7.11 Å². The summed E-state index contributed by atoms with van der Waals surface area (Å²) in [7, 11) is 3.43. The summed E-state index contributed by atoms with van der Waals surface area (Å²) < 4.78 is 4.91. The number of rotatable bonds is 0. The number of hydrogen-bond acceptors (Lipinski definition) is 4. The van der Waals surface area contributed by atoms with E-state index in [9.17, 15) is 0 Å². The van der Waals surface area contributed by atoms with E-state index in [0.29, 0.717) is 5.90 Å². The van der Waals surface area contributed by atoms with Crippen LogP contribution in [-0.2, 0) is 4.74 Å². The summed E-state index contributed by atoms with van der Waals surface area (Å²) in [4.78, 5) is 5.75. The molecule has 0 aromatic rings. The molecule has 0 fully saturated rings. The van der Waals surface area contributed by atoms with Crippen molar-refractivity contribution in [3.05, 3.63) is 12.4 Å². The van der Waals surface area contributed by atoms with Gasteiger partial charge in [-0.15, -0.1) is 0 Å². The molecule has 2 N–H and O–H groups in total. The zero-order valence-electron chi connectivity index (χ0n) is 6.11. The van der Waals surface area contributed by atoms with Crippen LogP contribution in [0.4, 0.5) is 0 Å². The van der Waals surface area contributed by atoms with Gasteiger partial charge in [0.25, 0.3) is 0 Å². The van der Waals surface area contributed by atoms with E-state index in [0.717, 1.165) is 0 Å². The maximum Gasteiger partial charge on any atom is 0.226 e. The Balaban J connectivity index is 2.71. The lowest BCUT2D eigenvalue weighted by molar-refractivity contribution is 0.311. The molecule has 1 aliphatic rings. The minimum Gasteiger partial charge on any atom is -0.482 e. The van der Waals surface area contributed by atoms with Gasteiger partial charge in [-0.3, -0.25) is 0 Å². The summed E-state index contributed by atoms with van der Waals surface area (Å²) in [6, 6.07) is 0. The van der Waals surface area contributed by atoms with Crippen molar-refractivity contribution < 1.29 is 4.74 Å². The molecule has 4 nitrogen and oxygen atoms in total. The molecule has 0 radical (unpaired) electrons. The molecule has 56 valence electrons. The molecule has 0 aromatic heterocycles. The van der Waals surface area contributed by atoms with Crippen molar-refractivity contribution in [1.82, 2.24) is 4.90 Å². The largest absolute Gasteiger partial charge is 0.482 e. The van der Waals surface area contributed by atoms with E-state index in [4.69, 9.17) is 10.5 Å². The van der Waals surface area contributed by atoms with Crippen molar-refractivity contribution in [3.8, 4) is 0 Å². The first-order valence-corrected chi connectivity index (χ1v) is 3.01. The Morgan fingerprint density at radius 1 is 1.80 bits per heavy atom. The molecule has 0 aromatic carbocycles. The van der Waals surface area contributed by atoms with Crippen LogP contribution in [0, 0.1) is 0 Å². The summed E-state index contributed by atoms with van der Waals surface area (Å²) in [5.74, 6) is 0.546. The fourth-order valence-corrected chi connectivity index (χ4v) is 0.729. The number of likely N-dealkylation sites (N-methyl/N-ethyl adjacent to an activating group) is 1. The van der Waals surface area contributed by atoms with Gasteiger partial charge < -0.3 is 15.4 Å². The molecule has 0 aliphatic carbocycles. The summed E-state index contributed by atoms with van der Waals surface area (Å²) >= 11 is 0. The molecule has 1 unspecified atom stereocenters.